The number of aliphatic hydroxyl groups excluding tert-OH is 1. The number of imidazole rings is 1. The number of aryl methyl sites for hydroxylation is 2. The molecular weight excluding hydrogens is 178 g/mol. The maximum absolute atomic E-state index is 9.95. The molecule has 14 heavy (non-hydrogen) atoms. The van der Waals surface area contributed by atoms with E-state index in [2.05, 4.69) is 9.55 Å². The smallest absolute Gasteiger partial charge is 0.111 e. The van der Waals surface area contributed by atoms with Crippen LogP contribution >= 0.6 is 0 Å². The third-order valence-electron chi connectivity index (χ3n) is 2.83. The lowest BCUT2D eigenvalue weighted by Crippen LogP contribution is -2.26. The highest BCUT2D eigenvalue weighted by atomic mass is 16.3. The van der Waals surface area contributed by atoms with E-state index in [0.29, 0.717) is 0 Å². The van der Waals surface area contributed by atoms with Gasteiger partial charge in [0, 0.05) is 19.0 Å². The minimum absolute atomic E-state index is 0.241. The Kier molecular flexibility index (Phi) is 2.33. The molecule has 4 heteroatoms. The van der Waals surface area contributed by atoms with Crippen molar-refractivity contribution in [2.45, 2.75) is 45.4 Å². The molecule has 2 heterocycles. The summed E-state index contributed by atoms with van der Waals surface area (Å²) in [7, 11) is 0. The number of aliphatic hydroxyl groups is 1. The molecule has 0 amide bonds. The van der Waals surface area contributed by atoms with E-state index < -0.39 is 6.10 Å². The minimum Gasteiger partial charge on any atom is -0.385 e. The van der Waals surface area contributed by atoms with Crippen LogP contribution in [-0.2, 0) is 13.0 Å². The van der Waals surface area contributed by atoms with Crippen molar-refractivity contribution >= 4 is 0 Å². The quantitative estimate of drug-likeness (QED) is 0.723. The Morgan fingerprint density at radius 3 is 2.93 bits per heavy atom. The predicted octanol–water partition coefficient (Wildman–Crippen LogP) is 0.518. The SMILES string of the molecule is Cc1nc2n(c1C(O)C(C)N)CCC2. The molecule has 0 saturated heterocycles. The summed E-state index contributed by atoms with van der Waals surface area (Å²) >= 11 is 0. The summed E-state index contributed by atoms with van der Waals surface area (Å²) in [5.41, 5.74) is 7.53. The molecule has 0 saturated carbocycles. The van der Waals surface area contributed by atoms with Crippen molar-refractivity contribution in [3.63, 3.8) is 0 Å². The molecule has 0 radical (unpaired) electrons. The molecule has 2 unspecified atom stereocenters. The zero-order valence-corrected chi connectivity index (χ0v) is 8.70. The Morgan fingerprint density at radius 1 is 1.57 bits per heavy atom. The number of nitrogens with zero attached hydrogens (tertiary/aromatic N) is 2. The molecule has 78 valence electrons. The summed E-state index contributed by atoms with van der Waals surface area (Å²) in [5, 5.41) is 9.95. The zero-order chi connectivity index (χ0) is 10.3. The summed E-state index contributed by atoms with van der Waals surface area (Å²) in [6, 6.07) is -0.241. The lowest BCUT2D eigenvalue weighted by molar-refractivity contribution is 0.144. The molecule has 0 fully saturated rings. The predicted molar refractivity (Wildman–Crippen MR) is 53.9 cm³/mol. The van der Waals surface area contributed by atoms with Crippen LogP contribution < -0.4 is 5.73 Å². The van der Waals surface area contributed by atoms with Gasteiger partial charge in [0.1, 0.15) is 11.9 Å². The first-order valence-corrected chi connectivity index (χ1v) is 5.11. The van der Waals surface area contributed by atoms with Gasteiger partial charge in [-0.05, 0) is 20.3 Å². The van der Waals surface area contributed by atoms with Gasteiger partial charge < -0.3 is 15.4 Å². The van der Waals surface area contributed by atoms with Crippen molar-refractivity contribution in [3.05, 3.63) is 17.2 Å². The zero-order valence-electron chi connectivity index (χ0n) is 8.70. The summed E-state index contributed by atoms with van der Waals surface area (Å²) < 4.78 is 2.11. The van der Waals surface area contributed by atoms with Crippen LogP contribution in [0.15, 0.2) is 0 Å². The molecule has 0 aromatic carbocycles. The Labute approximate surface area is 83.8 Å². The number of hydrogen-bond acceptors (Lipinski definition) is 3. The largest absolute Gasteiger partial charge is 0.385 e. The maximum Gasteiger partial charge on any atom is 0.111 e. The Bertz CT molecular complexity index is 343. The van der Waals surface area contributed by atoms with Crippen LogP contribution in [0.3, 0.4) is 0 Å². The van der Waals surface area contributed by atoms with Gasteiger partial charge in [0.25, 0.3) is 0 Å². The Balaban J connectivity index is 2.42. The first kappa shape index (κ1) is 9.68. The van der Waals surface area contributed by atoms with Crippen molar-refractivity contribution in [2.24, 2.45) is 5.73 Å². The molecule has 0 aliphatic carbocycles. The Hall–Kier alpha value is -0.870. The van der Waals surface area contributed by atoms with Gasteiger partial charge in [-0.2, -0.15) is 0 Å². The lowest BCUT2D eigenvalue weighted by Gasteiger charge is -2.16. The van der Waals surface area contributed by atoms with Gasteiger partial charge in [0.15, 0.2) is 0 Å². The number of nitrogens with two attached hydrogens (primary N) is 1. The number of fused-ring (bicyclic) bond motifs is 1. The maximum atomic E-state index is 9.95. The van der Waals surface area contributed by atoms with E-state index >= 15 is 0 Å². The van der Waals surface area contributed by atoms with Gasteiger partial charge in [0.05, 0.1) is 11.4 Å². The van der Waals surface area contributed by atoms with Gasteiger partial charge in [0.2, 0.25) is 0 Å². The fourth-order valence-corrected chi connectivity index (χ4v) is 2.10. The van der Waals surface area contributed by atoms with Gasteiger partial charge in [-0.1, -0.05) is 0 Å². The number of hydrogen-bond donors (Lipinski definition) is 2. The first-order valence-electron chi connectivity index (χ1n) is 5.11. The highest BCUT2D eigenvalue weighted by Crippen LogP contribution is 2.26. The average molecular weight is 195 g/mol. The fourth-order valence-electron chi connectivity index (χ4n) is 2.10. The summed E-state index contributed by atoms with van der Waals surface area (Å²) in [6.45, 7) is 4.72. The normalized spacial score (nSPS) is 19.4. The molecule has 2 rings (SSSR count). The van der Waals surface area contributed by atoms with Crippen molar-refractivity contribution in [2.75, 3.05) is 0 Å². The lowest BCUT2D eigenvalue weighted by atomic mass is 10.1. The highest BCUT2D eigenvalue weighted by molar-refractivity contribution is 5.21. The Morgan fingerprint density at radius 2 is 2.29 bits per heavy atom. The molecule has 0 bridgehead atoms. The molecule has 1 aliphatic heterocycles. The third kappa shape index (κ3) is 1.35. The second-order valence-electron chi connectivity index (χ2n) is 4.06. The van der Waals surface area contributed by atoms with Crippen molar-refractivity contribution < 1.29 is 5.11 Å². The van der Waals surface area contributed by atoms with Crippen LogP contribution in [0.5, 0.6) is 0 Å². The van der Waals surface area contributed by atoms with Crippen molar-refractivity contribution in [1.29, 1.82) is 0 Å². The summed E-state index contributed by atoms with van der Waals surface area (Å²) in [6.07, 6.45) is 1.56. The second-order valence-corrected chi connectivity index (χ2v) is 4.06. The van der Waals surface area contributed by atoms with E-state index in [1.807, 2.05) is 13.8 Å². The first-order chi connectivity index (χ1) is 6.61. The molecular formula is C10H17N3O. The monoisotopic (exact) mass is 195 g/mol. The van der Waals surface area contributed by atoms with Gasteiger partial charge >= 0.3 is 0 Å². The topological polar surface area (TPSA) is 64.1 Å². The van der Waals surface area contributed by atoms with Crippen LogP contribution in [-0.4, -0.2) is 20.7 Å². The van der Waals surface area contributed by atoms with Gasteiger partial charge in [-0.25, -0.2) is 4.98 Å². The van der Waals surface area contributed by atoms with E-state index in [0.717, 1.165) is 36.6 Å². The molecule has 1 aromatic heterocycles. The van der Waals surface area contributed by atoms with E-state index in [-0.39, 0.29) is 6.04 Å². The summed E-state index contributed by atoms with van der Waals surface area (Å²) in [4.78, 5) is 4.44. The second kappa shape index (κ2) is 3.37. The van der Waals surface area contributed by atoms with Crippen LogP contribution in [0.1, 0.15) is 36.7 Å². The van der Waals surface area contributed by atoms with Crippen molar-refractivity contribution in [3.8, 4) is 0 Å². The van der Waals surface area contributed by atoms with Crippen LogP contribution in [0, 0.1) is 6.92 Å². The van der Waals surface area contributed by atoms with Crippen LogP contribution in [0.25, 0.3) is 0 Å². The van der Waals surface area contributed by atoms with Gasteiger partial charge in [-0.15, -0.1) is 0 Å². The van der Waals surface area contributed by atoms with E-state index in [1.54, 1.807) is 0 Å². The fraction of sp³-hybridized carbons (Fsp3) is 0.700. The van der Waals surface area contributed by atoms with Gasteiger partial charge in [-0.3, -0.25) is 0 Å². The minimum atomic E-state index is -0.589. The highest BCUT2D eigenvalue weighted by Gasteiger charge is 2.25. The van der Waals surface area contributed by atoms with Crippen LogP contribution in [0.2, 0.25) is 0 Å². The molecule has 1 aromatic rings. The number of aromatic nitrogens is 2. The molecule has 1 aliphatic rings. The molecule has 4 nitrogen and oxygen atoms in total. The number of rotatable bonds is 2. The molecule has 0 spiro atoms. The average Bonchev–Trinajstić information content (AvgIpc) is 2.62. The van der Waals surface area contributed by atoms with Crippen molar-refractivity contribution in [1.82, 2.24) is 9.55 Å². The molecule has 2 atom stereocenters. The van der Waals surface area contributed by atoms with E-state index in [1.165, 1.54) is 0 Å². The third-order valence-corrected chi connectivity index (χ3v) is 2.83. The van der Waals surface area contributed by atoms with Crippen LogP contribution in [0.4, 0.5) is 0 Å². The van der Waals surface area contributed by atoms with E-state index in [9.17, 15) is 5.11 Å². The summed E-state index contributed by atoms with van der Waals surface area (Å²) in [5.74, 6) is 1.09. The standard InChI is InChI=1S/C10H17N3O/c1-6(11)10(14)9-7(2)12-8-4-3-5-13(8)9/h6,10,14H,3-5,11H2,1-2H3. The molecule has 3 N–H and O–H groups in total. The van der Waals surface area contributed by atoms with E-state index in [4.69, 9.17) is 5.73 Å².